The van der Waals surface area contributed by atoms with Crippen LogP contribution in [0.1, 0.15) is 34.7 Å². The molecule has 0 saturated carbocycles. The summed E-state index contributed by atoms with van der Waals surface area (Å²) in [6.07, 6.45) is 0. The van der Waals surface area contributed by atoms with Crippen molar-refractivity contribution in [3.05, 3.63) is 93.8 Å². The molecule has 4 aromatic rings. The third-order valence-corrected chi connectivity index (χ3v) is 5.03. The lowest BCUT2D eigenvalue weighted by molar-refractivity contribution is -0.384. The third kappa shape index (κ3) is 3.50. The highest BCUT2D eigenvalue weighted by atomic mass is 16.6. The molecule has 1 unspecified atom stereocenters. The number of nitro groups is 1. The van der Waals surface area contributed by atoms with Crippen LogP contribution in [0.25, 0.3) is 16.5 Å². The number of benzene rings is 3. The summed E-state index contributed by atoms with van der Waals surface area (Å²) in [4.78, 5) is 23.4. The summed E-state index contributed by atoms with van der Waals surface area (Å²) in [6, 6.07) is 19.8. The number of nitrogens with zero attached hydrogens (tertiary/aromatic N) is 4. The molecule has 4 rings (SSSR count). The topological polar surface area (TPSA) is 103 Å². The van der Waals surface area contributed by atoms with Gasteiger partial charge >= 0.3 is 0 Å². The van der Waals surface area contributed by atoms with Crippen LogP contribution in [0.15, 0.2) is 66.7 Å². The third-order valence-electron chi connectivity index (χ3n) is 5.03. The molecular formula is C22H19N5O3. The molecule has 0 bridgehead atoms. The summed E-state index contributed by atoms with van der Waals surface area (Å²) >= 11 is 0. The number of hydrogen-bond donors (Lipinski definition) is 1. The first-order valence-electron chi connectivity index (χ1n) is 9.41. The Hall–Kier alpha value is -4.07. The first-order chi connectivity index (χ1) is 14.5. The van der Waals surface area contributed by atoms with Crippen LogP contribution in [0.3, 0.4) is 0 Å². The molecule has 1 amide bonds. The molecule has 1 atom stereocenters. The lowest BCUT2D eigenvalue weighted by Crippen LogP contribution is -2.27. The van der Waals surface area contributed by atoms with Crippen molar-refractivity contribution in [2.24, 2.45) is 0 Å². The Morgan fingerprint density at radius 2 is 1.83 bits per heavy atom. The van der Waals surface area contributed by atoms with E-state index in [0.717, 1.165) is 16.3 Å². The minimum Gasteiger partial charge on any atom is -0.344 e. The van der Waals surface area contributed by atoms with Gasteiger partial charge in [-0.2, -0.15) is 0 Å². The second-order valence-electron chi connectivity index (χ2n) is 6.98. The largest absolute Gasteiger partial charge is 0.344 e. The van der Waals surface area contributed by atoms with Crippen molar-refractivity contribution >= 4 is 22.4 Å². The van der Waals surface area contributed by atoms with Gasteiger partial charge in [0.05, 0.1) is 22.3 Å². The molecule has 150 valence electrons. The zero-order chi connectivity index (χ0) is 21.3. The van der Waals surface area contributed by atoms with Crippen LogP contribution in [0, 0.1) is 17.0 Å². The van der Waals surface area contributed by atoms with E-state index >= 15 is 0 Å². The maximum Gasteiger partial charge on any atom is 0.274 e. The summed E-state index contributed by atoms with van der Waals surface area (Å²) in [5.41, 5.74) is 2.09. The van der Waals surface area contributed by atoms with Crippen LogP contribution < -0.4 is 5.32 Å². The monoisotopic (exact) mass is 401 g/mol. The molecular weight excluding hydrogens is 382 g/mol. The number of non-ortho nitro benzene ring substituents is 1. The molecule has 0 saturated heterocycles. The van der Waals surface area contributed by atoms with Crippen molar-refractivity contribution in [3.63, 3.8) is 0 Å². The van der Waals surface area contributed by atoms with Gasteiger partial charge in [-0.3, -0.25) is 14.9 Å². The van der Waals surface area contributed by atoms with E-state index in [9.17, 15) is 14.9 Å². The highest BCUT2D eigenvalue weighted by molar-refractivity contribution is 5.94. The Morgan fingerprint density at radius 3 is 2.63 bits per heavy atom. The lowest BCUT2D eigenvalue weighted by Gasteiger charge is -2.16. The van der Waals surface area contributed by atoms with E-state index < -0.39 is 4.92 Å². The van der Waals surface area contributed by atoms with Gasteiger partial charge in [-0.15, -0.1) is 5.10 Å². The summed E-state index contributed by atoms with van der Waals surface area (Å²) in [5.74, 6) is -0.357. The summed E-state index contributed by atoms with van der Waals surface area (Å²) in [7, 11) is 0. The number of carbonyl (C=O) groups excluding carboxylic acids is 1. The fraction of sp³-hybridized carbons (Fsp3) is 0.136. The smallest absolute Gasteiger partial charge is 0.274 e. The van der Waals surface area contributed by atoms with Crippen molar-refractivity contribution < 1.29 is 9.72 Å². The van der Waals surface area contributed by atoms with E-state index in [-0.39, 0.29) is 23.3 Å². The quantitative estimate of drug-likeness (QED) is 0.400. The standard InChI is InChI=1S/C22H19N5O3/c1-14(19-12-5-8-16-7-3-4-11-20(16)19)23-22(28)21-15(2)26(25-24-21)17-9-6-10-18(13-17)27(29)30/h3-14H,1-2H3,(H,23,28). The molecule has 8 nitrogen and oxygen atoms in total. The Kier molecular flexibility index (Phi) is 4.97. The van der Waals surface area contributed by atoms with Gasteiger partial charge in [0.25, 0.3) is 11.6 Å². The van der Waals surface area contributed by atoms with Gasteiger partial charge in [0, 0.05) is 12.1 Å². The number of rotatable bonds is 5. The van der Waals surface area contributed by atoms with Crippen molar-refractivity contribution in [2.75, 3.05) is 0 Å². The first-order valence-corrected chi connectivity index (χ1v) is 9.41. The van der Waals surface area contributed by atoms with Crippen LogP contribution >= 0.6 is 0 Å². The van der Waals surface area contributed by atoms with Crippen molar-refractivity contribution in [1.82, 2.24) is 20.3 Å². The predicted octanol–water partition coefficient (Wildman–Crippen LogP) is 4.13. The van der Waals surface area contributed by atoms with E-state index in [2.05, 4.69) is 15.6 Å². The van der Waals surface area contributed by atoms with E-state index in [1.54, 1.807) is 19.1 Å². The van der Waals surface area contributed by atoms with Gasteiger partial charge in [0.2, 0.25) is 0 Å². The van der Waals surface area contributed by atoms with E-state index in [1.165, 1.54) is 16.8 Å². The molecule has 0 aliphatic heterocycles. The Labute approximate surface area is 172 Å². The highest BCUT2D eigenvalue weighted by Gasteiger charge is 2.21. The van der Waals surface area contributed by atoms with Crippen LogP contribution in [0.2, 0.25) is 0 Å². The number of amides is 1. The van der Waals surface area contributed by atoms with Crippen LogP contribution in [0.5, 0.6) is 0 Å². The fourth-order valence-corrected chi connectivity index (χ4v) is 3.49. The maximum atomic E-state index is 12.9. The van der Waals surface area contributed by atoms with Crippen molar-refractivity contribution in [1.29, 1.82) is 0 Å². The normalized spacial score (nSPS) is 11.9. The minimum absolute atomic E-state index is 0.0574. The Balaban J connectivity index is 1.60. The van der Waals surface area contributed by atoms with Crippen LogP contribution in [-0.4, -0.2) is 25.8 Å². The Bertz CT molecular complexity index is 1260. The van der Waals surface area contributed by atoms with E-state index in [1.807, 2.05) is 49.4 Å². The van der Waals surface area contributed by atoms with Crippen molar-refractivity contribution in [2.45, 2.75) is 19.9 Å². The van der Waals surface area contributed by atoms with Crippen LogP contribution in [0.4, 0.5) is 5.69 Å². The summed E-state index contributed by atoms with van der Waals surface area (Å²) in [6.45, 7) is 3.62. The summed E-state index contributed by atoms with van der Waals surface area (Å²) < 4.78 is 1.42. The fourth-order valence-electron chi connectivity index (χ4n) is 3.49. The molecule has 1 aromatic heterocycles. The highest BCUT2D eigenvalue weighted by Crippen LogP contribution is 2.24. The average Bonchev–Trinajstić information content (AvgIpc) is 3.14. The molecule has 0 fully saturated rings. The van der Waals surface area contributed by atoms with E-state index in [0.29, 0.717) is 11.4 Å². The number of aromatic nitrogens is 3. The zero-order valence-corrected chi connectivity index (χ0v) is 16.4. The van der Waals surface area contributed by atoms with Gasteiger partial charge in [0.15, 0.2) is 5.69 Å². The second-order valence-corrected chi connectivity index (χ2v) is 6.98. The molecule has 0 aliphatic carbocycles. The molecule has 0 aliphatic rings. The maximum absolute atomic E-state index is 12.9. The molecule has 0 radical (unpaired) electrons. The molecule has 1 heterocycles. The molecule has 0 spiro atoms. The first kappa shape index (κ1) is 19.3. The van der Waals surface area contributed by atoms with Gasteiger partial charge < -0.3 is 5.32 Å². The van der Waals surface area contributed by atoms with Gasteiger partial charge in [0.1, 0.15) is 0 Å². The average molecular weight is 401 g/mol. The zero-order valence-electron chi connectivity index (χ0n) is 16.4. The molecule has 8 heteroatoms. The van der Waals surface area contributed by atoms with Gasteiger partial charge in [-0.05, 0) is 36.2 Å². The number of nitrogens with one attached hydrogen (secondary N) is 1. The van der Waals surface area contributed by atoms with Crippen LogP contribution in [-0.2, 0) is 0 Å². The molecule has 30 heavy (non-hydrogen) atoms. The number of hydrogen-bond acceptors (Lipinski definition) is 5. The summed E-state index contributed by atoms with van der Waals surface area (Å²) in [5, 5.41) is 24.2. The Morgan fingerprint density at radius 1 is 1.10 bits per heavy atom. The van der Waals surface area contributed by atoms with Gasteiger partial charge in [-0.1, -0.05) is 53.7 Å². The second kappa shape index (κ2) is 7.75. The molecule has 3 aromatic carbocycles. The molecule has 1 N–H and O–H groups in total. The lowest BCUT2D eigenvalue weighted by atomic mass is 9.99. The number of fused-ring (bicyclic) bond motifs is 1. The SMILES string of the molecule is Cc1c(C(=O)NC(C)c2cccc3ccccc23)nnn1-c1cccc([N+](=O)[O-])c1. The van der Waals surface area contributed by atoms with Crippen molar-refractivity contribution in [3.8, 4) is 5.69 Å². The number of carbonyl (C=O) groups is 1. The van der Waals surface area contributed by atoms with E-state index in [4.69, 9.17) is 0 Å². The van der Waals surface area contributed by atoms with Gasteiger partial charge in [-0.25, -0.2) is 4.68 Å². The number of nitro benzene ring substituents is 1. The minimum atomic E-state index is -0.477. The predicted molar refractivity (Wildman–Crippen MR) is 113 cm³/mol.